The van der Waals surface area contributed by atoms with Crippen LogP contribution in [0, 0.1) is 0 Å². The van der Waals surface area contributed by atoms with Gasteiger partial charge in [-0.2, -0.15) is 5.10 Å². The second kappa shape index (κ2) is 9.30. The van der Waals surface area contributed by atoms with Crippen molar-refractivity contribution in [3.8, 4) is 5.75 Å². The topological polar surface area (TPSA) is 135 Å². The molecule has 3 amide bonds. The Labute approximate surface area is 213 Å². The first kappa shape index (κ1) is 24.4. The molecule has 1 aromatic carbocycles. The third kappa shape index (κ3) is 4.89. The Balaban J connectivity index is 1.31. The highest BCUT2D eigenvalue weighted by atomic mass is 16.5. The number of carbonyl (C=O) groups excluding carboxylic acids is 4. The van der Waals surface area contributed by atoms with Gasteiger partial charge in [0.1, 0.15) is 29.8 Å². The number of rotatable bonds is 5. The Morgan fingerprint density at radius 3 is 2.70 bits per heavy atom. The van der Waals surface area contributed by atoms with Crippen molar-refractivity contribution in [1.82, 2.24) is 30.1 Å². The number of likely N-dealkylation sites (tertiary alicyclic amines) is 1. The largest absolute Gasteiger partial charge is 0.486 e. The van der Waals surface area contributed by atoms with Crippen molar-refractivity contribution in [2.75, 3.05) is 13.2 Å². The lowest BCUT2D eigenvalue weighted by molar-refractivity contribution is -0.133. The predicted octanol–water partition coefficient (Wildman–Crippen LogP) is 1.29. The minimum Gasteiger partial charge on any atom is -0.486 e. The zero-order valence-electron chi connectivity index (χ0n) is 20.9. The molecule has 192 valence electrons. The molecule has 11 nitrogen and oxygen atoms in total. The van der Waals surface area contributed by atoms with E-state index in [2.05, 4.69) is 20.7 Å². The van der Waals surface area contributed by atoms with Crippen LogP contribution in [0.3, 0.4) is 0 Å². The van der Waals surface area contributed by atoms with Crippen LogP contribution in [0.25, 0.3) is 5.65 Å². The van der Waals surface area contributed by atoms with Gasteiger partial charge >= 0.3 is 0 Å². The molecule has 37 heavy (non-hydrogen) atoms. The molecule has 2 aromatic heterocycles. The minimum absolute atomic E-state index is 0.00298. The van der Waals surface area contributed by atoms with Crippen LogP contribution in [0.15, 0.2) is 36.5 Å². The summed E-state index contributed by atoms with van der Waals surface area (Å²) in [7, 11) is 0. The smallest absolute Gasteiger partial charge is 0.270 e. The summed E-state index contributed by atoms with van der Waals surface area (Å²) in [6.45, 7) is 6.69. The number of ether oxygens (including phenoxy) is 1. The van der Waals surface area contributed by atoms with E-state index < -0.39 is 17.9 Å². The van der Waals surface area contributed by atoms with Gasteiger partial charge in [0.05, 0.1) is 6.20 Å². The van der Waals surface area contributed by atoms with Crippen LogP contribution in [0.4, 0.5) is 0 Å². The zero-order valence-corrected chi connectivity index (χ0v) is 20.9. The number of amides is 3. The molecule has 0 saturated carbocycles. The van der Waals surface area contributed by atoms with Crippen molar-refractivity contribution < 1.29 is 23.9 Å². The summed E-state index contributed by atoms with van der Waals surface area (Å²) >= 11 is 0. The van der Waals surface area contributed by atoms with Gasteiger partial charge in [-0.15, -0.1) is 0 Å². The van der Waals surface area contributed by atoms with Crippen molar-refractivity contribution in [2.24, 2.45) is 0 Å². The van der Waals surface area contributed by atoms with E-state index in [1.165, 1.54) is 16.8 Å². The number of ketones is 1. The predicted molar refractivity (Wildman–Crippen MR) is 132 cm³/mol. The molecular weight excluding hydrogens is 476 g/mol. The minimum atomic E-state index is -0.650. The Morgan fingerprint density at radius 1 is 1.14 bits per heavy atom. The normalized spacial score (nSPS) is 17.5. The van der Waals surface area contributed by atoms with Gasteiger partial charge < -0.3 is 20.3 Å². The SMILES string of the molecule is CC(C)(C)N1CC[C@H](NC(=O)c2cc(C(=O)NCc3ccc4c(c3)CC(=O)CO4)nc3ccnn23)C1=O. The van der Waals surface area contributed by atoms with Crippen LogP contribution in [0.2, 0.25) is 0 Å². The molecule has 0 spiro atoms. The second-order valence-corrected chi connectivity index (χ2v) is 10.2. The van der Waals surface area contributed by atoms with E-state index in [0.717, 1.165) is 11.1 Å². The van der Waals surface area contributed by atoms with Gasteiger partial charge in [-0.3, -0.25) is 19.2 Å². The van der Waals surface area contributed by atoms with Gasteiger partial charge in [-0.25, -0.2) is 9.50 Å². The van der Waals surface area contributed by atoms with Gasteiger partial charge in [0, 0.05) is 42.7 Å². The molecule has 2 aliphatic heterocycles. The lowest BCUT2D eigenvalue weighted by Gasteiger charge is -2.32. The van der Waals surface area contributed by atoms with Crippen molar-refractivity contribution in [1.29, 1.82) is 0 Å². The number of nitrogens with one attached hydrogen (secondary N) is 2. The molecule has 5 rings (SSSR count). The Kier molecular flexibility index (Phi) is 6.14. The standard InChI is InChI=1S/C26H28N6O5/c1-26(2,3)31-9-7-18(25(31)36)30-24(35)20-12-19(29-22-6-8-28-32(20)22)23(34)27-13-15-4-5-21-16(10-15)11-17(33)14-37-21/h4-6,8,10,12,18H,7,9,11,13-14H2,1-3H3,(H,27,34)(H,30,35)/t18-/m0/s1. The summed E-state index contributed by atoms with van der Waals surface area (Å²) in [6.07, 6.45) is 2.28. The molecule has 3 aromatic rings. The summed E-state index contributed by atoms with van der Waals surface area (Å²) in [5.74, 6) is -0.452. The summed E-state index contributed by atoms with van der Waals surface area (Å²) < 4.78 is 6.76. The number of fused-ring (bicyclic) bond motifs is 2. The monoisotopic (exact) mass is 504 g/mol. The number of hydrogen-bond donors (Lipinski definition) is 2. The molecule has 1 fully saturated rings. The maximum absolute atomic E-state index is 13.2. The average molecular weight is 505 g/mol. The molecule has 1 atom stereocenters. The molecule has 0 radical (unpaired) electrons. The quantitative estimate of drug-likeness (QED) is 0.535. The van der Waals surface area contributed by atoms with Crippen LogP contribution in [0.1, 0.15) is 59.3 Å². The zero-order chi connectivity index (χ0) is 26.3. The third-order valence-corrected chi connectivity index (χ3v) is 6.50. The van der Waals surface area contributed by atoms with Crippen LogP contribution in [-0.2, 0) is 22.6 Å². The maximum atomic E-state index is 13.2. The van der Waals surface area contributed by atoms with Crippen LogP contribution in [-0.4, -0.2) is 67.7 Å². The van der Waals surface area contributed by atoms with Gasteiger partial charge in [0.2, 0.25) is 5.91 Å². The molecule has 0 aliphatic carbocycles. The highest BCUT2D eigenvalue weighted by Gasteiger charge is 2.38. The Morgan fingerprint density at radius 2 is 1.95 bits per heavy atom. The molecule has 11 heteroatoms. The number of Topliss-reactive ketones (excluding diaryl/α,β-unsaturated/α-hetero) is 1. The first-order chi connectivity index (χ1) is 17.6. The van der Waals surface area contributed by atoms with Crippen LogP contribution >= 0.6 is 0 Å². The number of benzene rings is 1. The van der Waals surface area contributed by atoms with E-state index in [0.29, 0.717) is 30.8 Å². The lowest BCUT2D eigenvalue weighted by atomic mass is 10.0. The molecular formula is C26H28N6O5. The van der Waals surface area contributed by atoms with E-state index in [-0.39, 0.29) is 41.8 Å². The number of hydrogen-bond acceptors (Lipinski definition) is 7. The van der Waals surface area contributed by atoms with E-state index in [1.807, 2.05) is 32.9 Å². The Hall–Kier alpha value is -4.28. The van der Waals surface area contributed by atoms with E-state index >= 15 is 0 Å². The number of nitrogens with zero attached hydrogens (tertiary/aromatic N) is 4. The summed E-state index contributed by atoms with van der Waals surface area (Å²) in [5.41, 5.74) is 1.73. The fourth-order valence-electron chi connectivity index (χ4n) is 4.62. The van der Waals surface area contributed by atoms with Gasteiger partial charge in [0.15, 0.2) is 11.4 Å². The summed E-state index contributed by atoms with van der Waals surface area (Å²) in [4.78, 5) is 56.7. The second-order valence-electron chi connectivity index (χ2n) is 10.2. The van der Waals surface area contributed by atoms with Gasteiger partial charge in [-0.05, 0) is 44.9 Å². The van der Waals surface area contributed by atoms with Crippen molar-refractivity contribution in [3.63, 3.8) is 0 Å². The van der Waals surface area contributed by atoms with Crippen LogP contribution < -0.4 is 15.4 Å². The van der Waals surface area contributed by atoms with E-state index in [9.17, 15) is 19.2 Å². The highest BCUT2D eigenvalue weighted by molar-refractivity contribution is 6.00. The average Bonchev–Trinajstić information content (AvgIpc) is 3.48. The van der Waals surface area contributed by atoms with Crippen molar-refractivity contribution >= 4 is 29.2 Å². The summed E-state index contributed by atoms with van der Waals surface area (Å²) in [5, 5.41) is 9.76. The first-order valence-corrected chi connectivity index (χ1v) is 12.1. The van der Waals surface area contributed by atoms with Crippen LogP contribution in [0.5, 0.6) is 5.75 Å². The maximum Gasteiger partial charge on any atom is 0.270 e. The number of carbonyl (C=O) groups is 4. The van der Waals surface area contributed by atoms with E-state index in [4.69, 9.17) is 4.74 Å². The highest BCUT2D eigenvalue weighted by Crippen LogP contribution is 2.25. The third-order valence-electron chi connectivity index (χ3n) is 6.50. The summed E-state index contributed by atoms with van der Waals surface area (Å²) in [6, 6.07) is 7.75. The Bertz CT molecular complexity index is 1420. The number of aromatic nitrogens is 3. The molecule has 0 unspecified atom stereocenters. The molecule has 4 heterocycles. The molecule has 2 aliphatic rings. The first-order valence-electron chi connectivity index (χ1n) is 12.1. The lowest BCUT2D eigenvalue weighted by Crippen LogP contribution is -2.48. The van der Waals surface area contributed by atoms with Gasteiger partial charge in [-0.1, -0.05) is 6.07 Å². The fraction of sp³-hybridized carbons (Fsp3) is 0.385. The van der Waals surface area contributed by atoms with Gasteiger partial charge in [0.25, 0.3) is 11.8 Å². The molecule has 2 N–H and O–H groups in total. The molecule has 1 saturated heterocycles. The fourth-order valence-corrected chi connectivity index (χ4v) is 4.62. The van der Waals surface area contributed by atoms with Crippen molar-refractivity contribution in [3.05, 3.63) is 59.0 Å². The van der Waals surface area contributed by atoms with Crippen molar-refractivity contribution in [2.45, 2.75) is 51.7 Å². The molecule has 0 bridgehead atoms. The van der Waals surface area contributed by atoms with E-state index in [1.54, 1.807) is 17.0 Å².